The van der Waals surface area contributed by atoms with Gasteiger partial charge in [0.15, 0.2) is 12.3 Å². The van der Waals surface area contributed by atoms with Crippen LogP contribution in [-0.4, -0.2) is 41.9 Å². The van der Waals surface area contributed by atoms with Crippen molar-refractivity contribution in [3.05, 3.63) is 35.9 Å². The summed E-state index contributed by atoms with van der Waals surface area (Å²) < 4.78 is 10.5. The number of alkyl carbamates (subject to hydrolysis) is 1. The number of rotatable bonds is 4. The molecule has 22 heavy (non-hydrogen) atoms. The zero-order valence-electron chi connectivity index (χ0n) is 13.3. The standard InChI is InChI=1S/C16H22N2O4/c1-16(2,3)22-15(20)17-12-13(19)18(14(12)21-4)10-11-8-6-5-7-9-11/h5-9,12,14H,10H2,1-4H3,(H,17,20)/t12-,14-/m1/s1. The fourth-order valence-electron chi connectivity index (χ4n) is 2.30. The molecule has 6 nitrogen and oxygen atoms in total. The molecule has 0 saturated carbocycles. The number of carbonyl (C=O) groups excluding carboxylic acids is 2. The maximum absolute atomic E-state index is 12.2. The van der Waals surface area contributed by atoms with Gasteiger partial charge in [-0.25, -0.2) is 4.79 Å². The van der Waals surface area contributed by atoms with Crippen molar-refractivity contribution in [2.45, 2.75) is 45.2 Å². The number of hydrogen-bond donors (Lipinski definition) is 1. The maximum atomic E-state index is 12.2. The molecule has 0 spiro atoms. The summed E-state index contributed by atoms with van der Waals surface area (Å²) in [5.41, 5.74) is 0.400. The Hall–Kier alpha value is -2.08. The molecule has 1 fully saturated rings. The Morgan fingerprint density at radius 3 is 2.45 bits per heavy atom. The van der Waals surface area contributed by atoms with Gasteiger partial charge in [-0.1, -0.05) is 30.3 Å². The third-order valence-corrected chi connectivity index (χ3v) is 3.25. The van der Waals surface area contributed by atoms with Crippen molar-refractivity contribution in [2.24, 2.45) is 0 Å². The number of ether oxygens (including phenoxy) is 2. The average molecular weight is 306 g/mol. The molecule has 2 amide bonds. The Morgan fingerprint density at radius 2 is 1.91 bits per heavy atom. The zero-order chi connectivity index (χ0) is 16.3. The molecule has 1 saturated heterocycles. The lowest BCUT2D eigenvalue weighted by Crippen LogP contribution is -2.71. The first-order valence-corrected chi connectivity index (χ1v) is 7.18. The molecule has 0 bridgehead atoms. The first kappa shape index (κ1) is 16.3. The lowest BCUT2D eigenvalue weighted by atomic mass is 10.0. The lowest BCUT2D eigenvalue weighted by molar-refractivity contribution is -0.180. The summed E-state index contributed by atoms with van der Waals surface area (Å²) in [7, 11) is 1.51. The predicted octanol–water partition coefficient (Wildman–Crippen LogP) is 1.89. The topological polar surface area (TPSA) is 67.9 Å². The number of benzene rings is 1. The van der Waals surface area contributed by atoms with Gasteiger partial charge < -0.3 is 19.7 Å². The van der Waals surface area contributed by atoms with Gasteiger partial charge in [0.1, 0.15) is 5.60 Å². The van der Waals surface area contributed by atoms with Crippen molar-refractivity contribution in [3.63, 3.8) is 0 Å². The van der Waals surface area contributed by atoms with Gasteiger partial charge in [-0.3, -0.25) is 4.79 Å². The highest BCUT2D eigenvalue weighted by Gasteiger charge is 2.49. The molecule has 120 valence electrons. The fourth-order valence-corrected chi connectivity index (χ4v) is 2.30. The summed E-state index contributed by atoms with van der Waals surface area (Å²) in [6.45, 7) is 5.75. The Labute approximate surface area is 130 Å². The monoisotopic (exact) mass is 306 g/mol. The van der Waals surface area contributed by atoms with Crippen LogP contribution in [0.5, 0.6) is 0 Å². The largest absolute Gasteiger partial charge is 0.444 e. The molecule has 1 aromatic rings. The molecule has 0 aromatic heterocycles. The molecular weight excluding hydrogens is 284 g/mol. The number of carbonyl (C=O) groups is 2. The van der Waals surface area contributed by atoms with Crippen LogP contribution < -0.4 is 5.32 Å². The molecule has 0 aliphatic carbocycles. The van der Waals surface area contributed by atoms with E-state index in [-0.39, 0.29) is 5.91 Å². The molecule has 1 aliphatic rings. The van der Waals surface area contributed by atoms with Gasteiger partial charge in [0, 0.05) is 13.7 Å². The van der Waals surface area contributed by atoms with E-state index < -0.39 is 24.0 Å². The second kappa shape index (κ2) is 6.36. The molecule has 1 aliphatic heterocycles. The van der Waals surface area contributed by atoms with E-state index in [0.29, 0.717) is 6.54 Å². The second-order valence-corrected chi connectivity index (χ2v) is 6.20. The minimum Gasteiger partial charge on any atom is -0.444 e. The summed E-state index contributed by atoms with van der Waals surface area (Å²) in [4.78, 5) is 25.6. The van der Waals surface area contributed by atoms with E-state index in [1.165, 1.54) is 7.11 Å². The van der Waals surface area contributed by atoms with Crippen LogP contribution in [0.3, 0.4) is 0 Å². The van der Waals surface area contributed by atoms with Crippen molar-refractivity contribution < 1.29 is 19.1 Å². The number of amides is 2. The molecule has 1 N–H and O–H groups in total. The molecule has 1 aromatic carbocycles. The van der Waals surface area contributed by atoms with Crippen LogP contribution in [0.25, 0.3) is 0 Å². The normalized spacial score (nSPS) is 21.3. The molecule has 2 rings (SSSR count). The van der Waals surface area contributed by atoms with Gasteiger partial charge in [0.05, 0.1) is 0 Å². The molecular formula is C16H22N2O4. The van der Waals surface area contributed by atoms with Crippen LogP contribution >= 0.6 is 0 Å². The van der Waals surface area contributed by atoms with Gasteiger partial charge >= 0.3 is 6.09 Å². The molecule has 6 heteroatoms. The van der Waals surface area contributed by atoms with Crippen LogP contribution in [0.4, 0.5) is 4.79 Å². The molecule has 1 heterocycles. The van der Waals surface area contributed by atoms with Gasteiger partial charge in [-0.2, -0.15) is 0 Å². The van der Waals surface area contributed by atoms with E-state index in [9.17, 15) is 9.59 Å². The highest BCUT2D eigenvalue weighted by atomic mass is 16.6. The van der Waals surface area contributed by atoms with E-state index in [0.717, 1.165) is 5.56 Å². The summed E-state index contributed by atoms with van der Waals surface area (Å²) in [6, 6.07) is 8.92. The summed E-state index contributed by atoms with van der Waals surface area (Å²) in [5, 5.41) is 2.56. The minimum absolute atomic E-state index is 0.179. The zero-order valence-corrected chi connectivity index (χ0v) is 13.3. The highest BCUT2D eigenvalue weighted by molar-refractivity contribution is 5.91. The summed E-state index contributed by atoms with van der Waals surface area (Å²) >= 11 is 0. The first-order valence-electron chi connectivity index (χ1n) is 7.18. The van der Waals surface area contributed by atoms with Crippen molar-refractivity contribution in [3.8, 4) is 0 Å². The quantitative estimate of drug-likeness (QED) is 0.863. The minimum atomic E-state index is -0.705. The van der Waals surface area contributed by atoms with Gasteiger partial charge in [0.25, 0.3) is 5.91 Å². The Morgan fingerprint density at radius 1 is 1.27 bits per heavy atom. The Bertz CT molecular complexity index is 539. The van der Waals surface area contributed by atoms with Gasteiger partial charge in [-0.15, -0.1) is 0 Å². The lowest BCUT2D eigenvalue weighted by Gasteiger charge is -2.45. The second-order valence-electron chi connectivity index (χ2n) is 6.20. The third-order valence-electron chi connectivity index (χ3n) is 3.25. The van der Waals surface area contributed by atoms with Crippen LogP contribution in [0, 0.1) is 0 Å². The van der Waals surface area contributed by atoms with E-state index in [2.05, 4.69) is 5.32 Å². The van der Waals surface area contributed by atoms with Crippen LogP contribution in [0.15, 0.2) is 30.3 Å². The summed E-state index contributed by atoms with van der Waals surface area (Å²) in [6.07, 6.45) is -1.10. The van der Waals surface area contributed by atoms with Crippen LogP contribution in [-0.2, 0) is 20.8 Å². The molecule has 2 atom stereocenters. The van der Waals surface area contributed by atoms with Crippen molar-refractivity contribution in [1.82, 2.24) is 10.2 Å². The highest BCUT2D eigenvalue weighted by Crippen LogP contribution is 2.24. The van der Waals surface area contributed by atoms with Gasteiger partial charge in [-0.05, 0) is 26.3 Å². The molecule has 0 radical (unpaired) electrons. The number of β-lactam (4-membered cyclic amide) rings is 1. The number of nitrogens with one attached hydrogen (secondary N) is 1. The predicted molar refractivity (Wildman–Crippen MR) is 80.9 cm³/mol. The molecule has 0 unspecified atom stereocenters. The fraction of sp³-hybridized carbons (Fsp3) is 0.500. The first-order chi connectivity index (χ1) is 10.3. The van der Waals surface area contributed by atoms with E-state index in [4.69, 9.17) is 9.47 Å². The SMILES string of the molecule is CO[C@@H]1[C@H](NC(=O)OC(C)(C)C)C(=O)N1Cc1ccccc1. The van der Waals surface area contributed by atoms with Crippen molar-refractivity contribution in [2.75, 3.05) is 7.11 Å². The van der Waals surface area contributed by atoms with Crippen LogP contribution in [0.1, 0.15) is 26.3 Å². The third kappa shape index (κ3) is 3.76. The summed E-state index contributed by atoms with van der Waals surface area (Å²) in [5.74, 6) is -0.179. The number of nitrogens with zero attached hydrogens (tertiary/aromatic N) is 1. The Balaban J connectivity index is 1.95. The number of methoxy groups -OCH3 is 1. The Kier molecular flexibility index (Phi) is 4.71. The van der Waals surface area contributed by atoms with Crippen LogP contribution in [0.2, 0.25) is 0 Å². The number of likely N-dealkylation sites (tertiary alicyclic amines) is 1. The smallest absolute Gasteiger partial charge is 0.408 e. The maximum Gasteiger partial charge on any atom is 0.408 e. The number of hydrogen-bond acceptors (Lipinski definition) is 4. The van der Waals surface area contributed by atoms with E-state index in [1.54, 1.807) is 25.7 Å². The van der Waals surface area contributed by atoms with E-state index >= 15 is 0 Å². The van der Waals surface area contributed by atoms with Gasteiger partial charge in [0.2, 0.25) is 0 Å². The van der Waals surface area contributed by atoms with Crippen molar-refractivity contribution in [1.29, 1.82) is 0 Å². The van der Waals surface area contributed by atoms with E-state index in [1.807, 2.05) is 30.3 Å². The van der Waals surface area contributed by atoms with Crippen molar-refractivity contribution >= 4 is 12.0 Å². The average Bonchev–Trinajstić information content (AvgIpc) is 2.44.